The van der Waals surface area contributed by atoms with E-state index in [4.69, 9.17) is 29.4 Å². The highest BCUT2D eigenvalue weighted by Crippen LogP contribution is 2.22. The number of allylic oxidation sites excluding steroid dienone is 2. The number of hydrogen-bond donors (Lipinski definition) is 2. The topological polar surface area (TPSA) is 287 Å². The molecule has 7 aliphatic heterocycles. The summed E-state index contributed by atoms with van der Waals surface area (Å²) in [4.78, 5) is 87.4. The van der Waals surface area contributed by atoms with Crippen LogP contribution in [-0.4, -0.2) is 268 Å². The molecule has 0 aromatic carbocycles. The predicted molar refractivity (Wildman–Crippen MR) is 571 cm³/mol. The highest BCUT2D eigenvalue weighted by Gasteiger charge is 2.34. The molecule has 0 aliphatic carbocycles. The molecule has 12 rings (SSSR count). The molecule has 5 aromatic heterocycles. The highest BCUT2D eigenvalue weighted by atomic mass is 16.5. The van der Waals surface area contributed by atoms with Gasteiger partial charge in [-0.1, -0.05) is 264 Å². The van der Waals surface area contributed by atoms with Gasteiger partial charge >= 0.3 is 0 Å². The third kappa shape index (κ3) is 69.1. The van der Waals surface area contributed by atoms with E-state index in [0.29, 0.717) is 78.6 Å². The lowest BCUT2D eigenvalue weighted by molar-refractivity contribution is -0.149. The van der Waals surface area contributed by atoms with Gasteiger partial charge in [-0.25, -0.2) is 4.98 Å². The number of nitrogens with two attached hydrogens (primary N) is 1. The van der Waals surface area contributed by atoms with E-state index < -0.39 is 0 Å². The van der Waals surface area contributed by atoms with Crippen molar-refractivity contribution in [2.24, 2.45) is 82.9 Å². The molecule has 26 heteroatoms. The Bertz CT molecular complexity index is 3850. The van der Waals surface area contributed by atoms with Crippen LogP contribution in [-0.2, 0) is 54.7 Å². The second kappa shape index (κ2) is 80.3. The van der Waals surface area contributed by atoms with Crippen LogP contribution < -0.4 is 5.73 Å². The number of primary amides is 1. The molecular weight excluding hydrogens is 1720 g/mol. The summed E-state index contributed by atoms with van der Waals surface area (Å²) in [5, 5.41) is 10.5. The van der Waals surface area contributed by atoms with Crippen LogP contribution in [0.4, 0.5) is 0 Å². The molecule has 5 aromatic rings. The lowest BCUT2D eigenvalue weighted by atomic mass is 10.00. The van der Waals surface area contributed by atoms with Gasteiger partial charge in [0.25, 0.3) is 0 Å². The van der Waals surface area contributed by atoms with Gasteiger partial charge in [-0.2, -0.15) is 10.2 Å². The third-order valence-corrected chi connectivity index (χ3v) is 21.7. The fraction of sp³-hybridized carbons (Fsp3) is 0.712. The summed E-state index contributed by atoms with van der Waals surface area (Å²) in [5.41, 5.74) is 11.1. The van der Waals surface area contributed by atoms with Crippen LogP contribution in [0.15, 0.2) is 121 Å². The third-order valence-electron chi connectivity index (χ3n) is 21.7. The van der Waals surface area contributed by atoms with Gasteiger partial charge < -0.3 is 49.0 Å². The number of carbonyl (C=O) groups is 5. The van der Waals surface area contributed by atoms with Crippen molar-refractivity contribution in [3.8, 4) is 11.8 Å². The normalized spacial score (nSPS) is 15.0. The molecular formula is C111H198N16O10. The maximum atomic E-state index is 11.4. The van der Waals surface area contributed by atoms with E-state index in [1.807, 2.05) is 161 Å². The molecule has 0 saturated carbocycles. The van der Waals surface area contributed by atoms with Crippen LogP contribution >= 0.6 is 0 Å². The Morgan fingerprint density at radius 2 is 1.01 bits per heavy atom. The molecule has 12 heterocycles. The minimum absolute atomic E-state index is 0.00926. The number of H-pyrrole nitrogens is 1. The number of morpholine rings is 1. The smallest absolute Gasteiger partial charge is 0.225 e. The van der Waals surface area contributed by atoms with Gasteiger partial charge in [0.1, 0.15) is 12.2 Å². The summed E-state index contributed by atoms with van der Waals surface area (Å²) in [6.07, 6.45) is 30.9. The quantitative estimate of drug-likeness (QED) is 0.0349. The van der Waals surface area contributed by atoms with E-state index in [-0.39, 0.29) is 59.5 Å². The summed E-state index contributed by atoms with van der Waals surface area (Å²) >= 11 is 0. The number of pyridine rings is 3. The van der Waals surface area contributed by atoms with Crippen molar-refractivity contribution in [3.05, 3.63) is 144 Å². The van der Waals surface area contributed by atoms with Crippen LogP contribution in [0.1, 0.15) is 313 Å². The van der Waals surface area contributed by atoms with E-state index in [9.17, 15) is 24.0 Å². The Kier molecular flexibility index (Phi) is 77.8. The fourth-order valence-electron chi connectivity index (χ4n) is 11.7. The first-order chi connectivity index (χ1) is 64.5. The van der Waals surface area contributed by atoms with Gasteiger partial charge in [0.05, 0.1) is 57.5 Å². The van der Waals surface area contributed by atoms with E-state index in [0.717, 1.165) is 141 Å². The molecule has 0 bridgehead atoms. The number of hydrogen-bond acceptors (Lipinski definition) is 19. The van der Waals surface area contributed by atoms with Crippen molar-refractivity contribution in [1.29, 1.82) is 0 Å². The number of rotatable bonds is 23. The zero-order valence-electron chi connectivity index (χ0n) is 93.1. The second-order valence-corrected chi connectivity index (χ2v) is 40.4. The zero-order chi connectivity index (χ0) is 105. The number of amides is 5. The molecule has 3 N–H and O–H groups in total. The molecule has 6 fully saturated rings. The van der Waals surface area contributed by atoms with Gasteiger partial charge in [0, 0.05) is 216 Å². The lowest BCUT2D eigenvalue weighted by Crippen LogP contribution is -2.56. The molecule has 1 atom stereocenters. The van der Waals surface area contributed by atoms with E-state index in [1.165, 1.54) is 54.3 Å². The number of aromatic nitrogens is 8. The number of aryl methyl sites for hydroxylation is 1. The average molecular weight is 1920 g/mol. The minimum Gasteiger partial charge on any atom is -0.382 e. The first kappa shape index (κ1) is 133. The molecule has 782 valence electrons. The number of aromatic amines is 1. The minimum atomic E-state index is -0.241. The second-order valence-electron chi connectivity index (χ2n) is 40.4. The van der Waals surface area contributed by atoms with Crippen molar-refractivity contribution >= 4 is 35.8 Å². The molecule has 137 heavy (non-hydrogen) atoms. The largest absolute Gasteiger partial charge is 0.382 e. The number of carbonyl (C=O) groups excluding carboxylic acids is 5. The molecule has 0 radical (unpaired) electrons. The van der Waals surface area contributed by atoms with Crippen LogP contribution in [0, 0.1) is 76.9 Å². The Balaban J connectivity index is -0.00000141. The highest BCUT2D eigenvalue weighted by molar-refractivity contribution is 5.81. The SMILES string of the molecule is CC(C)/C=C/CN1CCOCC1.CC(C)C.CC(C)C#Cc1cccnc1.CC(C)C(=O)N1CCC1.CC(C)C(=O)N1CCCC1.CC(C)C(N)=O.CC(C)C1=CCN=C1.CC(C)c1cccnc1.CC(C)c1ccncc1.CC(C)c1cnn(C)c1.CC(C)c1ncn[nH]1.CCC(C)C.CCOC1CN(C(=O)C(C)C)C1.COC1CN(C(C)C(C)C)C1.COCCOC1CN(C(=O)C(C)C)C1. The first-order valence-electron chi connectivity index (χ1n) is 51.2. The number of nitrogens with one attached hydrogen (secondary N) is 1. The molecule has 5 amide bonds. The van der Waals surface area contributed by atoms with E-state index in [1.54, 1.807) is 46.7 Å². The van der Waals surface area contributed by atoms with Crippen molar-refractivity contribution < 1.29 is 47.7 Å². The monoisotopic (exact) mass is 1920 g/mol. The Morgan fingerprint density at radius 3 is 1.31 bits per heavy atom. The van der Waals surface area contributed by atoms with Gasteiger partial charge in [0.2, 0.25) is 29.5 Å². The van der Waals surface area contributed by atoms with Crippen molar-refractivity contribution in [2.45, 2.75) is 309 Å². The Morgan fingerprint density at radius 1 is 0.533 bits per heavy atom. The predicted octanol–water partition coefficient (Wildman–Crippen LogP) is 20.9. The maximum absolute atomic E-state index is 11.4. The van der Waals surface area contributed by atoms with Crippen molar-refractivity contribution in [2.75, 3.05) is 139 Å². The molecule has 7 aliphatic rings. The first-order valence-corrected chi connectivity index (χ1v) is 51.2. The zero-order valence-corrected chi connectivity index (χ0v) is 93.1. The summed E-state index contributed by atoms with van der Waals surface area (Å²) < 4.78 is 28.0. The molecule has 1 unspecified atom stereocenters. The lowest BCUT2D eigenvalue weighted by Gasteiger charge is -2.43. The standard InChI is InChI=1S/C10H19NO3.C10H19NO.C10H11N.C9H17NO2.C9H19NO.C8H15NO.2C8H11N.C7H12N2.C7H13NO.C7H11N.C5H9N3.C5H12.C4H9NO.C4H10/c1-8(2)10(12)11-6-9(7-11)14-5-4-13-3;1-10(2)4-3-5-11-6-8-12-9-7-11;1-9(2)5-6-10-4-3-7-11-8-10;1-4-12-8-5-10(6-8)9(11)7(2)3;1-7(2)8(3)10-5-9(6-10)11-4;1-7(2)8(10)9-5-3-4-6-9;1-7(2)8-3-5-9-6-4-8;1-7(2)8-4-3-5-9-6-8;1-6(2)7-4-8-9(3)5-7;1-6(2)7(9)8-4-3-5-8;1-6(2)7-3-4-8-5-7;1-4(2)5-6-3-7-8-5;1-4-5(2)3;1-3(2)4(5)6;1-4(2)3/h8-9H,4-7H2,1-3H3;3-4,10H,5-9H2,1-2H3;3-4,7-9H,1-2H3;7-8H,4-6H2,1-3H3;7-9H,5-6H2,1-4H3;7H,3-6H2,1-2H3;2*3-7H,1-2H3;4-6H,1-3H3;6H,3-5H2,1-2H3;3,5-6H,4H2,1-2H3;3-4H,1-2H3,(H,6,7,8);5H,4H2,1-3H3;3H,1-2H3,(H2,5,6);4H,1-3H3/b;4-3+;;;;;;;;;;;;;. The van der Waals surface area contributed by atoms with Gasteiger partial charge in [-0.05, 0) is 133 Å². The molecule has 0 spiro atoms. The summed E-state index contributed by atoms with van der Waals surface area (Å²) in [5.74, 6) is 15.0. The van der Waals surface area contributed by atoms with Crippen molar-refractivity contribution in [1.82, 2.24) is 69.3 Å². The number of methoxy groups -OCH3 is 2. The number of nitrogens with zero attached hydrogens (tertiary/aromatic N) is 14. The molecule has 6 saturated heterocycles. The van der Waals surface area contributed by atoms with Crippen molar-refractivity contribution in [3.63, 3.8) is 0 Å². The Labute approximate surface area is 835 Å². The van der Waals surface area contributed by atoms with Crippen LogP contribution in [0.2, 0.25) is 0 Å². The van der Waals surface area contributed by atoms with Crippen LogP contribution in [0.3, 0.4) is 0 Å². The summed E-state index contributed by atoms with van der Waals surface area (Å²) in [7, 11) is 5.38. The van der Waals surface area contributed by atoms with Crippen LogP contribution in [0.25, 0.3) is 0 Å². The van der Waals surface area contributed by atoms with E-state index >= 15 is 0 Å². The number of ether oxygens (including phenoxy) is 5. The van der Waals surface area contributed by atoms with Crippen LogP contribution in [0.5, 0.6) is 0 Å². The Hall–Kier alpha value is -8.42. The number of likely N-dealkylation sites (tertiary alicyclic amines) is 5. The fourth-order valence-corrected chi connectivity index (χ4v) is 11.7. The van der Waals surface area contributed by atoms with Gasteiger partial charge in [-0.3, -0.25) is 63.5 Å². The number of aliphatic imine (C=N–C) groups is 1. The maximum Gasteiger partial charge on any atom is 0.225 e. The van der Waals surface area contributed by atoms with Gasteiger partial charge in [0.15, 0.2) is 0 Å². The summed E-state index contributed by atoms with van der Waals surface area (Å²) in [6.45, 7) is 88.2. The average Bonchev–Trinajstić information content (AvgIpc) is 1.59. The van der Waals surface area contributed by atoms with Gasteiger partial charge in [-0.15, -0.1) is 0 Å². The summed E-state index contributed by atoms with van der Waals surface area (Å²) in [6, 6.07) is 12.7. The molecule has 26 nitrogen and oxygen atoms in total. The van der Waals surface area contributed by atoms with E-state index in [2.05, 4.69) is 245 Å².